The molecule has 2 fully saturated rings. The predicted molar refractivity (Wildman–Crippen MR) is 178 cm³/mol. The van der Waals surface area contributed by atoms with Crippen LogP contribution >= 0.6 is 34.7 Å². The maximum absolute atomic E-state index is 13.3. The Morgan fingerprint density at radius 1 is 1.23 bits per heavy atom. The largest absolute Gasteiger partial charge is 0.543 e. The van der Waals surface area contributed by atoms with Crippen LogP contribution in [-0.2, 0) is 38.9 Å². The number of carboxylic acid groups (broad SMARTS) is 1. The number of thioether (sulfide) groups is 1. The number of hydrogen-bond acceptors (Lipinski definition) is 12. The summed E-state index contributed by atoms with van der Waals surface area (Å²) in [5.74, 6) is -0.911. The fourth-order valence-corrected chi connectivity index (χ4v) is 8.28. The Kier molecular flexibility index (Phi) is 8.51. The van der Waals surface area contributed by atoms with E-state index in [1.807, 2.05) is 29.1 Å². The second-order valence-corrected chi connectivity index (χ2v) is 14.4. The van der Waals surface area contributed by atoms with Crippen molar-refractivity contribution in [3.8, 4) is 0 Å². The quantitative estimate of drug-likeness (QED) is 0.0788. The maximum atomic E-state index is 13.3. The summed E-state index contributed by atoms with van der Waals surface area (Å²) in [6.07, 6.45) is 4.11. The molecular formula is C30H31ClN10O5S2. The van der Waals surface area contributed by atoms with Crippen molar-refractivity contribution in [1.82, 2.24) is 19.9 Å². The number of β-lactam (4-membered cyclic amide) rings is 1. The molecule has 3 aromatic rings. The lowest BCUT2D eigenvalue weighted by Gasteiger charge is -2.50. The van der Waals surface area contributed by atoms with Gasteiger partial charge < -0.3 is 36.4 Å². The number of nitrogens with zero attached hydrogens (tertiary/aromatic N) is 7. The smallest absolute Gasteiger partial charge is 0.276 e. The summed E-state index contributed by atoms with van der Waals surface area (Å²) in [5.41, 5.74) is 14.0. The van der Waals surface area contributed by atoms with Gasteiger partial charge in [-0.2, -0.15) is 0 Å². The molecule has 5 N–H and O–H groups in total. The fourth-order valence-electron chi connectivity index (χ4n) is 6.01. The number of rotatable bonds is 11. The van der Waals surface area contributed by atoms with E-state index in [0.717, 1.165) is 47.7 Å². The average molecular weight is 711 g/mol. The third-order valence-corrected chi connectivity index (χ3v) is 10.9. The SMILES string of the molecule is CO/N=C(\C(=O)N[C@@H]1C(=O)N2C(C(=O)[O-])=C(C[n+]3ccc4n3CCN4Cc3ccc(C(N)=NC4CC4)cc3)CS[C@H]12)c1nc(N)sc1Cl. The lowest BCUT2D eigenvalue weighted by molar-refractivity contribution is -0.766. The minimum atomic E-state index is -1.46. The maximum Gasteiger partial charge on any atom is 0.276 e. The van der Waals surface area contributed by atoms with Crippen molar-refractivity contribution >= 4 is 75.0 Å². The van der Waals surface area contributed by atoms with E-state index in [9.17, 15) is 19.5 Å². The second kappa shape index (κ2) is 12.8. The molecule has 1 aromatic carbocycles. The van der Waals surface area contributed by atoms with Crippen LogP contribution in [0.1, 0.15) is 29.7 Å². The highest BCUT2D eigenvalue weighted by Crippen LogP contribution is 2.40. The van der Waals surface area contributed by atoms with Crippen molar-refractivity contribution in [2.24, 2.45) is 15.9 Å². The van der Waals surface area contributed by atoms with E-state index in [1.165, 1.54) is 23.8 Å². The molecule has 48 heavy (non-hydrogen) atoms. The van der Waals surface area contributed by atoms with E-state index >= 15 is 0 Å². The van der Waals surface area contributed by atoms with E-state index in [-0.39, 0.29) is 33.1 Å². The van der Waals surface area contributed by atoms with Crippen molar-refractivity contribution in [2.75, 3.05) is 30.0 Å². The van der Waals surface area contributed by atoms with Gasteiger partial charge in [0.05, 0.1) is 30.3 Å². The van der Waals surface area contributed by atoms with Crippen LogP contribution in [0.4, 0.5) is 10.9 Å². The molecule has 4 aliphatic rings. The number of anilines is 2. The molecule has 250 valence electrons. The molecule has 3 aliphatic heterocycles. The van der Waals surface area contributed by atoms with Gasteiger partial charge in [0.15, 0.2) is 29.4 Å². The lowest BCUT2D eigenvalue weighted by Crippen LogP contribution is -2.71. The molecule has 0 unspecified atom stereocenters. The van der Waals surface area contributed by atoms with Crippen LogP contribution in [0.2, 0.25) is 4.34 Å². The molecule has 2 atom stereocenters. The summed E-state index contributed by atoms with van der Waals surface area (Å²) >= 11 is 8.48. The zero-order valence-electron chi connectivity index (χ0n) is 25.7. The van der Waals surface area contributed by atoms with Gasteiger partial charge in [0.2, 0.25) is 0 Å². The number of nitrogens with two attached hydrogens (primary N) is 2. The molecule has 1 saturated carbocycles. The average Bonchev–Trinajstić information content (AvgIpc) is 3.50. The number of halogens is 1. The highest BCUT2D eigenvalue weighted by molar-refractivity contribution is 8.00. The van der Waals surface area contributed by atoms with Crippen LogP contribution in [-0.4, -0.2) is 80.8 Å². The second-order valence-electron chi connectivity index (χ2n) is 11.7. The number of aliphatic imine (C=N–C) groups is 1. The van der Waals surface area contributed by atoms with E-state index in [1.54, 1.807) is 0 Å². The summed E-state index contributed by atoms with van der Waals surface area (Å²) in [5, 5.41) is 18.2. The first-order valence-electron chi connectivity index (χ1n) is 15.1. The molecule has 1 saturated heterocycles. The van der Waals surface area contributed by atoms with Crippen molar-refractivity contribution in [3.05, 3.63) is 69.0 Å². The van der Waals surface area contributed by atoms with Crippen molar-refractivity contribution in [2.45, 2.75) is 49.9 Å². The Hall–Kier alpha value is -4.61. The molecule has 2 amide bonds. The molecule has 1 aliphatic carbocycles. The number of carbonyl (C=O) groups is 3. The third-order valence-electron chi connectivity index (χ3n) is 8.47. The number of nitrogens with one attached hydrogen (secondary N) is 1. The van der Waals surface area contributed by atoms with Gasteiger partial charge in [-0.25, -0.2) is 4.98 Å². The molecule has 7 rings (SSSR count). The Labute approximate surface area is 287 Å². The van der Waals surface area contributed by atoms with Crippen LogP contribution in [0.5, 0.6) is 0 Å². The van der Waals surface area contributed by atoms with Gasteiger partial charge in [-0.1, -0.05) is 52.4 Å². The number of nitrogen functional groups attached to an aromatic ring is 1. The normalized spacial score (nSPS) is 20.8. The molecular weight excluding hydrogens is 680 g/mol. The number of amides is 2. The van der Waals surface area contributed by atoms with Gasteiger partial charge in [0.25, 0.3) is 11.8 Å². The highest BCUT2D eigenvalue weighted by Gasteiger charge is 2.53. The first-order valence-corrected chi connectivity index (χ1v) is 17.4. The summed E-state index contributed by atoms with van der Waals surface area (Å²) in [6.45, 7) is 2.44. The number of aromatic nitrogens is 3. The lowest BCUT2D eigenvalue weighted by atomic mass is 10.0. The van der Waals surface area contributed by atoms with E-state index in [0.29, 0.717) is 36.3 Å². The number of benzene rings is 1. The minimum absolute atomic E-state index is 0.0172. The van der Waals surface area contributed by atoms with Gasteiger partial charge >= 0.3 is 0 Å². The highest BCUT2D eigenvalue weighted by atomic mass is 35.5. The Morgan fingerprint density at radius 3 is 2.67 bits per heavy atom. The summed E-state index contributed by atoms with van der Waals surface area (Å²) in [7, 11) is 1.25. The van der Waals surface area contributed by atoms with Crippen LogP contribution in [0.15, 0.2) is 57.9 Å². The summed E-state index contributed by atoms with van der Waals surface area (Å²) in [4.78, 5) is 55.7. The number of carboxylic acids is 1. The number of carbonyl (C=O) groups excluding carboxylic acids is 3. The van der Waals surface area contributed by atoms with Gasteiger partial charge in [0, 0.05) is 30.0 Å². The van der Waals surface area contributed by atoms with E-state index < -0.39 is 29.2 Å². The number of fused-ring (bicyclic) bond motifs is 2. The predicted octanol–water partition coefficient (Wildman–Crippen LogP) is -0.190. The van der Waals surface area contributed by atoms with Crippen LogP contribution in [0.25, 0.3) is 0 Å². The molecule has 18 heteroatoms. The number of thiazole rings is 1. The first-order chi connectivity index (χ1) is 23.1. The standard InChI is InChI=1S/C30H31ClN10O5S2/c1-46-37-21(20-24(31)48-30(33)36-20)26(42)35-22-27(43)41-23(29(44)45)17(14-47-28(22)41)13-39-9-8-19-38(10-11-40(19)39)12-15-2-4-16(5-3-15)25(32)34-18-6-7-18/h2-5,8-9,18,22,28H,6-7,10-14H2,1H3,(H5-,32,33,34,35,36,42,44,45)/b37-21-/t22-,28-/m1/s1. The summed E-state index contributed by atoms with van der Waals surface area (Å²) < 4.78 is 4.18. The zero-order valence-corrected chi connectivity index (χ0v) is 28.1. The fraction of sp³-hybridized carbons (Fsp3) is 0.367. The minimum Gasteiger partial charge on any atom is -0.543 e. The van der Waals surface area contributed by atoms with Gasteiger partial charge in [0.1, 0.15) is 34.4 Å². The molecule has 2 aromatic heterocycles. The third kappa shape index (κ3) is 5.97. The summed E-state index contributed by atoms with van der Waals surface area (Å²) in [6, 6.07) is 9.48. The van der Waals surface area contributed by atoms with E-state index in [4.69, 9.17) is 27.9 Å². The monoisotopic (exact) mass is 710 g/mol. The molecule has 0 radical (unpaired) electrons. The Balaban J connectivity index is 1.03. The molecule has 5 heterocycles. The van der Waals surface area contributed by atoms with Gasteiger partial charge in [-0.05, 0) is 18.4 Å². The van der Waals surface area contributed by atoms with E-state index in [2.05, 4.69) is 42.2 Å². The van der Waals surface area contributed by atoms with Gasteiger partial charge in [-0.3, -0.25) is 19.5 Å². The van der Waals surface area contributed by atoms with Crippen LogP contribution in [0, 0.1) is 0 Å². The Bertz CT molecular complexity index is 1900. The number of hydrogen-bond donors (Lipinski definition) is 3. The molecule has 0 bridgehead atoms. The molecule has 0 spiro atoms. The topological polar surface area (TPSA) is 200 Å². The number of aliphatic carboxylic acids is 1. The molecule has 15 nitrogen and oxygen atoms in total. The van der Waals surface area contributed by atoms with Crippen molar-refractivity contribution in [1.29, 1.82) is 0 Å². The zero-order chi connectivity index (χ0) is 33.7. The number of amidine groups is 1. The van der Waals surface area contributed by atoms with Crippen molar-refractivity contribution in [3.63, 3.8) is 0 Å². The van der Waals surface area contributed by atoms with Gasteiger partial charge in [-0.15, -0.1) is 21.1 Å². The van der Waals surface area contributed by atoms with Crippen LogP contribution < -0.4 is 31.5 Å². The van der Waals surface area contributed by atoms with Crippen LogP contribution in [0.3, 0.4) is 0 Å². The first kappa shape index (κ1) is 32.0. The van der Waals surface area contributed by atoms with Crippen molar-refractivity contribution < 1.29 is 29.0 Å². The Morgan fingerprint density at radius 2 is 2.00 bits per heavy atom. The number of oxime groups is 1.